The number of carboxylic acids is 1. The average Bonchev–Trinajstić information content (AvgIpc) is 2.26. The van der Waals surface area contributed by atoms with Gasteiger partial charge in [-0.1, -0.05) is 27.7 Å². The van der Waals surface area contributed by atoms with Gasteiger partial charge >= 0.3 is 5.97 Å². The molecule has 100 valence electrons. The second kappa shape index (κ2) is 5.41. The Morgan fingerprint density at radius 3 is 2.39 bits per heavy atom. The van der Waals surface area contributed by atoms with Crippen LogP contribution in [0.1, 0.15) is 10.4 Å². The van der Waals surface area contributed by atoms with Crippen molar-refractivity contribution >= 4 is 39.2 Å². The van der Waals surface area contributed by atoms with E-state index in [0.29, 0.717) is 4.47 Å². The minimum atomic E-state index is -4.04. The minimum absolute atomic E-state index is 0.147. The van der Waals surface area contributed by atoms with Crippen LogP contribution in [0.3, 0.4) is 0 Å². The zero-order valence-electron chi connectivity index (χ0n) is 9.35. The molecule has 0 radical (unpaired) electrons. The van der Waals surface area contributed by atoms with Crippen molar-refractivity contribution in [2.45, 2.75) is 4.90 Å². The zero-order chi connectivity index (χ0) is 14.1. The molecule has 9 heteroatoms. The van der Waals surface area contributed by atoms with Crippen LogP contribution < -0.4 is 0 Å². The monoisotopic (exact) mass is 313 g/mol. The maximum atomic E-state index is 12.0. The van der Waals surface area contributed by atoms with Gasteiger partial charge in [0.1, 0.15) is 4.90 Å². The van der Waals surface area contributed by atoms with E-state index in [1.165, 1.54) is 0 Å². The number of rotatable bonds is 4. The van der Waals surface area contributed by atoms with E-state index in [1.807, 2.05) is 0 Å². The first-order chi connectivity index (χ1) is 8.23. The van der Waals surface area contributed by atoms with E-state index in [4.69, 9.17) is 28.3 Å². The summed E-state index contributed by atoms with van der Waals surface area (Å²) in [6, 6.07) is 2.26. The SMILES string of the molecule is CON(C)S(=O)(=O)c1ccc(Cl)c(C(=O)O)c1Cl. The highest BCUT2D eigenvalue weighted by Crippen LogP contribution is 2.32. The van der Waals surface area contributed by atoms with Gasteiger partial charge in [-0.15, -0.1) is 0 Å². The number of halogens is 2. The van der Waals surface area contributed by atoms with Crippen molar-refractivity contribution in [2.24, 2.45) is 0 Å². The molecule has 18 heavy (non-hydrogen) atoms. The molecule has 1 aromatic rings. The maximum Gasteiger partial charge on any atom is 0.338 e. The molecule has 0 saturated heterocycles. The molecule has 0 aliphatic rings. The van der Waals surface area contributed by atoms with Gasteiger partial charge in [-0.2, -0.15) is 0 Å². The van der Waals surface area contributed by atoms with Crippen molar-refractivity contribution in [1.29, 1.82) is 0 Å². The third-order valence-corrected chi connectivity index (χ3v) is 4.68. The summed E-state index contributed by atoms with van der Waals surface area (Å²) < 4.78 is 24.5. The third kappa shape index (κ3) is 2.60. The molecule has 0 aliphatic carbocycles. The number of sulfonamides is 1. The Balaban J connectivity index is 3.55. The molecule has 0 aliphatic heterocycles. The van der Waals surface area contributed by atoms with Crippen molar-refractivity contribution in [1.82, 2.24) is 4.47 Å². The van der Waals surface area contributed by atoms with E-state index < -0.39 is 31.5 Å². The molecule has 1 N–H and O–H groups in total. The van der Waals surface area contributed by atoms with Crippen LogP contribution in [0.5, 0.6) is 0 Å². The van der Waals surface area contributed by atoms with Crippen LogP contribution in [0, 0.1) is 0 Å². The van der Waals surface area contributed by atoms with Crippen molar-refractivity contribution < 1.29 is 23.2 Å². The van der Waals surface area contributed by atoms with Gasteiger partial charge < -0.3 is 5.11 Å². The van der Waals surface area contributed by atoms with Gasteiger partial charge in [0.05, 0.1) is 22.7 Å². The lowest BCUT2D eigenvalue weighted by molar-refractivity contribution is -0.0258. The van der Waals surface area contributed by atoms with E-state index in [0.717, 1.165) is 26.3 Å². The van der Waals surface area contributed by atoms with Gasteiger partial charge in [-0.25, -0.2) is 13.2 Å². The van der Waals surface area contributed by atoms with Crippen LogP contribution >= 0.6 is 23.2 Å². The van der Waals surface area contributed by atoms with E-state index in [9.17, 15) is 13.2 Å². The largest absolute Gasteiger partial charge is 0.478 e. The molecule has 0 amide bonds. The molecule has 0 heterocycles. The minimum Gasteiger partial charge on any atom is -0.478 e. The molecule has 0 spiro atoms. The Morgan fingerprint density at radius 1 is 1.39 bits per heavy atom. The lowest BCUT2D eigenvalue weighted by Gasteiger charge is -2.16. The van der Waals surface area contributed by atoms with Crippen LogP contribution in [-0.4, -0.2) is 38.1 Å². The first-order valence-electron chi connectivity index (χ1n) is 4.47. The Labute approximate surface area is 114 Å². The Morgan fingerprint density at radius 2 is 1.94 bits per heavy atom. The van der Waals surface area contributed by atoms with Crippen molar-refractivity contribution in [3.05, 3.63) is 27.7 Å². The zero-order valence-corrected chi connectivity index (χ0v) is 11.7. The number of hydroxylamine groups is 1. The van der Waals surface area contributed by atoms with Crippen molar-refractivity contribution in [2.75, 3.05) is 14.2 Å². The normalized spacial score (nSPS) is 11.8. The van der Waals surface area contributed by atoms with Crippen molar-refractivity contribution in [3.63, 3.8) is 0 Å². The molecule has 6 nitrogen and oxygen atoms in total. The van der Waals surface area contributed by atoms with E-state index in [2.05, 4.69) is 4.84 Å². The summed E-state index contributed by atoms with van der Waals surface area (Å²) in [5.41, 5.74) is -0.469. The van der Waals surface area contributed by atoms with Gasteiger partial charge in [0, 0.05) is 7.05 Å². The number of aromatic carboxylic acids is 1. The fraction of sp³-hybridized carbons (Fsp3) is 0.222. The van der Waals surface area contributed by atoms with Crippen LogP contribution in [-0.2, 0) is 14.9 Å². The Kier molecular flexibility index (Phi) is 4.57. The highest BCUT2D eigenvalue weighted by atomic mass is 35.5. The first-order valence-corrected chi connectivity index (χ1v) is 6.67. The molecule has 0 aromatic heterocycles. The Bertz CT molecular complexity index is 587. The van der Waals surface area contributed by atoms with Crippen LogP contribution in [0.25, 0.3) is 0 Å². The molecule has 1 aromatic carbocycles. The van der Waals surface area contributed by atoms with Gasteiger partial charge in [-0.05, 0) is 12.1 Å². The number of nitrogens with zero attached hydrogens (tertiary/aromatic N) is 1. The van der Waals surface area contributed by atoms with Gasteiger partial charge in [-0.3, -0.25) is 4.84 Å². The lowest BCUT2D eigenvalue weighted by Crippen LogP contribution is -2.26. The smallest absolute Gasteiger partial charge is 0.338 e. The molecule has 0 unspecified atom stereocenters. The molecule has 1 rings (SSSR count). The summed E-state index contributed by atoms with van der Waals surface area (Å²) in [6.07, 6.45) is 0. The number of benzene rings is 1. The summed E-state index contributed by atoms with van der Waals surface area (Å²) in [4.78, 5) is 15.1. The fourth-order valence-electron chi connectivity index (χ4n) is 1.17. The summed E-state index contributed by atoms with van der Waals surface area (Å²) in [5, 5.41) is 8.32. The highest BCUT2D eigenvalue weighted by molar-refractivity contribution is 7.89. The Hall–Kier alpha value is -0.860. The van der Waals surface area contributed by atoms with E-state index in [1.54, 1.807) is 0 Å². The first kappa shape index (κ1) is 15.2. The van der Waals surface area contributed by atoms with Gasteiger partial charge in [0.25, 0.3) is 10.0 Å². The van der Waals surface area contributed by atoms with E-state index >= 15 is 0 Å². The highest BCUT2D eigenvalue weighted by Gasteiger charge is 2.28. The lowest BCUT2D eigenvalue weighted by atomic mass is 10.2. The quantitative estimate of drug-likeness (QED) is 0.858. The maximum absolute atomic E-state index is 12.0. The molecule has 0 atom stereocenters. The fourth-order valence-corrected chi connectivity index (χ4v) is 3.03. The topological polar surface area (TPSA) is 83.9 Å². The molecule has 0 bridgehead atoms. The molecule has 0 fully saturated rings. The molecular formula is C9H9Cl2NO5S. The van der Waals surface area contributed by atoms with Crippen LogP contribution in [0.4, 0.5) is 0 Å². The third-order valence-electron chi connectivity index (χ3n) is 2.14. The number of hydrogen-bond acceptors (Lipinski definition) is 4. The number of carbonyl (C=O) groups is 1. The van der Waals surface area contributed by atoms with Crippen LogP contribution in [0.15, 0.2) is 17.0 Å². The number of hydrogen-bond donors (Lipinski definition) is 1. The number of carboxylic acid groups (broad SMARTS) is 1. The summed E-state index contributed by atoms with van der Waals surface area (Å²) in [6.45, 7) is 0. The molecule has 0 saturated carbocycles. The van der Waals surface area contributed by atoms with Gasteiger partial charge in [0.15, 0.2) is 0 Å². The predicted molar refractivity (Wildman–Crippen MR) is 65.4 cm³/mol. The summed E-state index contributed by atoms with van der Waals surface area (Å²) in [7, 11) is -1.73. The van der Waals surface area contributed by atoms with Crippen LogP contribution in [0.2, 0.25) is 10.0 Å². The van der Waals surface area contributed by atoms with Gasteiger partial charge in [0.2, 0.25) is 0 Å². The van der Waals surface area contributed by atoms with E-state index in [-0.39, 0.29) is 5.02 Å². The second-order valence-corrected chi connectivity index (χ2v) is 5.83. The van der Waals surface area contributed by atoms with Crippen molar-refractivity contribution in [3.8, 4) is 0 Å². The summed E-state index contributed by atoms with van der Waals surface area (Å²) >= 11 is 11.4. The molecular weight excluding hydrogens is 305 g/mol. The predicted octanol–water partition coefficient (Wildman–Crippen LogP) is 1.87. The standard InChI is InChI=1S/C9H9Cl2NO5S/c1-12(17-2)18(15,16)6-4-3-5(10)7(8(6)11)9(13)14/h3-4H,1-2H3,(H,13,14). The average molecular weight is 314 g/mol. The second-order valence-electron chi connectivity index (χ2n) is 3.14. The summed E-state index contributed by atoms with van der Waals surface area (Å²) in [5.74, 6) is -1.41.